The van der Waals surface area contributed by atoms with E-state index in [1.807, 2.05) is 0 Å². The Morgan fingerprint density at radius 1 is 1.24 bits per heavy atom. The molecule has 0 aliphatic rings. The number of aryl methyl sites for hydroxylation is 1. The van der Waals surface area contributed by atoms with Gasteiger partial charge in [0.25, 0.3) is 0 Å². The molecule has 0 aliphatic carbocycles. The molecule has 0 fully saturated rings. The molecule has 2 rings (SSSR count). The minimum atomic E-state index is -4.52. The second-order valence-electron chi connectivity index (χ2n) is 4.23. The Balaban J connectivity index is 2.30. The minimum Gasteiger partial charge on any atom is -0.478 e. The van der Waals surface area contributed by atoms with Crippen molar-refractivity contribution in [1.82, 2.24) is 9.97 Å². The Morgan fingerprint density at radius 3 is 2.48 bits per heavy atom. The van der Waals surface area contributed by atoms with Crippen LogP contribution in [0.1, 0.15) is 21.7 Å². The number of nitrogens with one attached hydrogen (secondary N) is 1. The normalized spacial score (nSPS) is 11.2. The maximum atomic E-state index is 12.4. The summed E-state index contributed by atoms with van der Waals surface area (Å²) < 4.78 is 37.2. The highest BCUT2D eigenvalue weighted by Gasteiger charge is 2.32. The lowest BCUT2D eigenvalue weighted by Gasteiger charge is -2.11. The highest BCUT2D eigenvalue weighted by atomic mass is 19.4. The van der Waals surface area contributed by atoms with Gasteiger partial charge in [-0.3, -0.25) is 4.98 Å². The average Bonchev–Trinajstić information content (AvgIpc) is 2.38. The van der Waals surface area contributed by atoms with Gasteiger partial charge in [0.2, 0.25) is 0 Å². The van der Waals surface area contributed by atoms with E-state index in [2.05, 4.69) is 15.3 Å². The number of hydrogen-bond donors (Lipinski definition) is 2. The molecule has 8 heteroatoms. The topological polar surface area (TPSA) is 75.1 Å². The number of halogens is 3. The summed E-state index contributed by atoms with van der Waals surface area (Å²) in [5, 5.41) is 11.8. The van der Waals surface area contributed by atoms with E-state index in [-0.39, 0.29) is 16.9 Å². The van der Waals surface area contributed by atoms with E-state index in [1.165, 1.54) is 18.3 Å². The number of aromatic carboxylic acids is 1. The third kappa shape index (κ3) is 3.47. The van der Waals surface area contributed by atoms with Crippen LogP contribution in [0.2, 0.25) is 0 Å². The Labute approximate surface area is 117 Å². The quantitative estimate of drug-likeness (QED) is 0.909. The molecule has 110 valence electrons. The van der Waals surface area contributed by atoms with Crippen LogP contribution >= 0.6 is 0 Å². The number of pyridine rings is 2. The maximum absolute atomic E-state index is 12.4. The molecule has 0 unspecified atom stereocenters. The van der Waals surface area contributed by atoms with Gasteiger partial charge in [0.15, 0.2) is 0 Å². The first kappa shape index (κ1) is 14.8. The van der Waals surface area contributed by atoms with Gasteiger partial charge in [0, 0.05) is 11.9 Å². The fourth-order valence-corrected chi connectivity index (χ4v) is 1.62. The van der Waals surface area contributed by atoms with E-state index in [0.717, 1.165) is 12.3 Å². The molecule has 2 N–H and O–H groups in total. The van der Waals surface area contributed by atoms with E-state index in [1.54, 1.807) is 6.92 Å². The molecule has 0 radical (unpaired) electrons. The van der Waals surface area contributed by atoms with Gasteiger partial charge in [0.1, 0.15) is 11.3 Å². The minimum absolute atomic E-state index is 0.0829. The number of alkyl halides is 3. The van der Waals surface area contributed by atoms with Crippen molar-refractivity contribution in [1.29, 1.82) is 0 Å². The van der Waals surface area contributed by atoms with Gasteiger partial charge in [-0.2, -0.15) is 13.2 Å². The molecule has 0 bridgehead atoms. The summed E-state index contributed by atoms with van der Waals surface area (Å²) in [6.07, 6.45) is -2.35. The summed E-state index contributed by atoms with van der Waals surface area (Å²) in [7, 11) is 0. The molecule has 2 aromatic heterocycles. The molecule has 0 saturated heterocycles. The molecule has 21 heavy (non-hydrogen) atoms. The summed E-state index contributed by atoms with van der Waals surface area (Å²) in [6.45, 7) is 1.67. The Morgan fingerprint density at radius 2 is 1.95 bits per heavy atom. The monoisotopic (exact) mass is 297 g/mol. The van der Waals surface area contributed by atoms with Crippen molar-refractivity contribution >= 4 is 17.3 Å². The Hall–Kier alpha value is -2.64. The van der Waals surface area contributed by atoms with Crippen LogP contribution in [0.5, 0.6) is 0 Å². The average molecular weight is 297 g/mol. The summed E-state index contributed by atoms with van der Waals surface area (Å²) in [5.74, 6) is -1.19. The van der Waals surface area contributed by atoms with E-state index >= 15 is 0 Å². The smallest absolute Gasteiger partial charge is 0.433 e. The van der Waals surface area contributed by atoms with Crippen LogP contribution in [0.3, 0.4) is 0 Å². The summed E-state index contributed by atoms with van der Waals surface area (Å²) >= 11 is 0. The lowest BCUT2D eigenvalue weighted by Crippen LogP contribution is -2.08. The largest absolute Gasteiger partial charge is 0.478 e. The van der Waals surface area contributed by atoms with Gasteiger partial charge in [-0.15, -0.1) is 0 Å². The number of carboxylic acid groups (broad SMARTS) is 1. The number of aromatic nitrogens is 2. The summed E-state index contributed by atoms with van der Waals surface area (Å²) in [4.78, 5) is 18.2. The van der Waals surface area contributed by atoms with E-state index in [9.17, 15) is 18.0 Å². The van der Waals surface area contributed by atoms with Gasteiger partial charge in [0.05, 0.1) is 17.6 Å². The van der Waals surface area contributed by atoms with Crippen LogP contribution < -0.4 is 5.32 Å². The number of carbonyl (C=O) groups is 1. The van der Waals surface area contributed by atoms with Gasteiger partial charge in [-0.05, 0) is 25.1 Å². The van der Waals surface area contributed by atoms with E-state index in [4.69, 9.17) is 5.11 Å². The van der Waals surface area contributed by atoms with Crippen molar-refractivity contribution in [3.05, 3.63) is 47.5 Å². The molecule has 0 amide bonds. The van der Waals surface area contributed by atoms with Crippen LogP contribution in [-0.2, 0) is 6.18 Å². The summed E-state index contributed by atoms with van der Waals surface area (Å²) in [6, 6.07) is 3.48. The molecule has 0 spiro atoms. The first-order valence-corrected chi connectivity index (χ1v) is 5.77. The van der Waals surface area contributed by atoms with Crippen LogP contribution in [0.25, 0.3) is 0 Å². The van der Waals surface area contributed by atoms with Crippen LogP contribution in [0, 0.1) is 6.92 Å². The molecule has 5 nitrogen and oxygen atoms in total. The SMILES string of the molecule is Cc1cc(Nc2ccc(C(F)(F)F)nc2)c(C(=O)O)cn1. The number of anilines is 2. The van der Waals surface area contributed by atoms with Crippen molar-refractivity contribution in [3.8, 4) is 0 Å². The van der Waals surface area contributed by atoms with Crippen LogP contribution in [-0.4, -0.2) is 21.0 Å². The molecule has 0 aliphatic heterocycles. The number of carboxylic acids is 1. The molecule has 2 aromatic rings. The van der Waals surface area contributed by atoms with Crippen molar-refractivity contribution in [2.24, 2.45) is 0 Å². The second-order valence-corrected chi connectivity index (χ2v) is 4.23. The van der Waals surface area contributed by atoms with Crippen molar-refractivity contribution in [3.63, 3.8) is 0 Å². The van der Waals surface area contributed by atoms with Gasteiger partial charge in [-0.25, -0.2) is 9.78 Å². The highest BCUT2D eigenvalue weighted by molar-refractivity contribution is 5.94. The molecule has 0 atom stereocenters. The Bertz CT molecular complexity index is 669. The van der Waals surface area contributed by atoms with Crippen molar-refractivity contribution in [2.45, 2.75) is 13.1 Å². The third-order valence-corrected chi connectivity index (χ3v) is 2.60. The molecule has 0 aromatic carbocycles. The first-order chi connectivity index (χ1) is 9.77. The second kappa shape index (κ2) is 5.39. The first-order valence-electron chi connectivity index (χ1n) is 5.77. The van der Waals surface area contributed by atoms with Gasteiger partial charge in [-0.1, -0.05) is 0 Å². The molecular formula is C13H10F3N3O2. The zero-order valence-corrected chi connectivity index (χ0v) is 10.8. The van der Waals surface area contributed by atoms with Crippen molar-refractivity contribution < 1.29 is 23.1 Å². The molecule has 0 saturated carbocycles. The standard InChI is InChI=1S/C13H10F3N3O2/c1-7-4-10(9(6-17-7)12(20)21)19-8-2-3-11(18-5-8)13(14,15)16/h2-6H,1H3,(H,17,19)(H,20,21). The predicted molar refractivity (Wildman–Crippen MR) is 68.5 cm³/mol. The fraction of sp³-hybridized carbons (Fsp3) is 0.154. The van der Waals surface area contributed by atoms with E-state index in [0.29, 0.717) is 5.69 Å². The maximum Gasteiger partial charge on any atom is 0.433 e. The fourth-order valence-electron chi connectivity index (χ4n) is 1.62. The van der Waals surface area contributed by atoms with Crippen LogP contribution in [0.4, 0.5) is 24.5 Å². The van der Waals surface area contributed by atoms with Crippen LogP contribution in [0.15, 0.2) is 30.6 Å². The number of rotatable bonds is 3. The number of nitrogens with zero attached hydrogens (tertiary/aromatic N) is 2. The van der Waals surface area contributed by atoms with E-state index < -0.39 is 17.8 Å². The van der Waals surface area contributed by atoms with Crippen molar-refractivity contribution in [2.75, 3.05) is 5.32 Å². The van der Waals surface area contributed by atoms with Gasteiger partial charge < -0.3 is 10.4 Å². The Kier molecular flexibility index (Phi) is 3.79. The lowest BCUT2D eigenvalue weighted by molar-refractivity contribution is -0.141. The highest BCUT2D eigenvalue weighted by Crippen LogP contribution is 2.28. The third-order valence-electron chi connectivity index (χ3n) is 2.60. The zero-order valence-electron chi connectivity index (χ0n) is 10.8. The predicted octanol–water partition coefficient (Wildman–Crippen LogP) is 3.25. The molecule has 2 heterocycles. The van der Waals surface area contributed by atoms with Gasteiger partial charge >= 0.3 is 12.1 Å². The number of hydrogen-bond acceptors (Lipinski definition) is 4. The summed E-state index contributed by atoms with van der Waals surface area (Å²) in [5.41, 5.74) is -0.0482. The zero-order chi connectivity index (χ0) is 15.6. The lowest BCUT2D eigenvalue weighted by atomic mass is 10.2. The molecular weight excluding hydrogens is 287 g/mol.